The van der Waals surface area contributed by atoms with Gasteiger partial charge in [0.25, 0.3) is 0 Å². The summed E-state index contributed by atoms with van der Waals surface area (Å²) < 4.78 is 0. The van der Waals surface area contributed by atoms with Gasteiger partial charge in [0.15, 0.2) is 0 Å². The Morgan fingerprint density at radius 2 is 1.84 bits per heavy atom. The van der Waals surface area contributed by atoms with E-state index < -0.39 is 0 Å². The molecule has 0 radical (unpaired) electrons. The number of anilines is 2. The highest BCUT2D eigenvalue weighted by Gasteiger charge is 2.00. The third kappa shape index (κ3) is 2.66. The Kier molecular flexibility index (Phi) is 3.29. The Labute approximate surface area is 116 Å². The number of benzene rings is 2. The highest BCUT2D eigenvalue weighted by molar-refractivity contribution is 6.17. The molecule has 0 saturated carbocycles. The van der Waals surface area contributed by atoms with Gasteiger partial charge in [-0.1, -0.05) is 24.3 Å². The fraction of sp³-hybridized carbons (Fsp3) is 0.0667. The molecule has 3 aromatic rings. The summed E-state index contributed by atoms with van der Waals surface area (Å²) in [6.07, 6.45) is 1.73. The molecule has 0 atom stereocenters. The quantitative estimate of drug-likeness (QED) is 0.727. The van der Waals surface area contributed by atoms with E-state index in [4.69, 9.17) is 11.6 Å². The molecule has 19 heavy (non-hydrogen) atoms. The summed E-state index contributed by atoms with van der Waals surface area (Å²) in [6, 6.07) is 15.7. The van der Waals surface area contributed by atoms with Gasteiger partial charge in [0, 0.05) is 11.6 Å². The van der Waals surface area contributed by atoms with E-state index in [0.29, 0.717) is 5.88 Å². The summed E-state index contributed by atoms with van der Waals surface area (Å²) in [6.45, 7) is 0. The molecule has 0 aliphatic heterocycles. The minimum atomic E-state index is 0.499. The van der Waals surface area contributed by atoms with Crippen LogP contribution in [0.3, 0.4) is 0 Å². The average Bonchev–Trinajstić information content (AvgIpc) is 2.47. The number of rotatable bonds is 3. The first kappa shape index (κ1) is 11.9. The molecule has 3 rings (SSSR count). The van der Waals surface area contributed by atoms with Crippen molar-refractivity contribution in [2.24, 2.45) is 0 Å². The standard InChI is InChI=1S/C15H12ClN3/c16-9-11-4-3-5-12(8-11)18-15-10-17-13-6-1-2-7-14(13)19-15/h1-8,10H,9H2,(H,18,19). The Morgan fingerprint density at radius 1 is 1.00 bits per heavy atom. The van der Waals surface area contributed by atoms with Crippen LogP contribution in [0.4, 0.5) is 11.5 Å². The van der Waals surface area contributed by atoms with Crippen LogP contribution in [0.25, 0.3) is 11.0 Å². The van der Waals surface area contributed by atoms with E-state index in [0.717, 1.165) is 28.1 Å². The molecule has 2 aromatic carbocycles. The van der Waals surface area contributed by atoms with E-state index in [2.05, 4.69) is 15.3 Å². The number of fused-ring (bicyclic) bond motifs is 1. The molecule has 1 heterocycles. The lowest BCUT2D eigenvalue weighted by molar-refractivity contribution is 1.28. The maximum Gasteiger partial charge on any atom is 0.149 e. The van der Waals surface area contributed by atoms with Gasteiger partial charge in [-0.15, -0.1) is 11.6 Å². The van der Waals surface area contributed by atoms with E-state index in [9.17, 15) is 0 Å². The molecule has 0 amide bonds. The lowest BCUT2D eigenvalue weighted by Crippen LogP contribution is -1.95. The van der Waals surface area contributed by atoms with E-state index >= 15 is 0 Å². The first-order valence-corrected chi connectivity index (χ1v) is 6.52. The van der Waals surface area contributed by atoms with Gasteiger partial charge in [0.05, 0.1) is 17.2 Å². The van der Waals surface area contributed by atoms with E-state index in [1.54, 1.807) is 6.20 Å². The van der Waals surface area contributed by atoms with E-state index in [1.807, 2.05) is 48.5 Å². The summed E-state index contributed by atoms with van der Waals surface area (Å²) in [5, 5.41) is 3.24. The zero-order valence-electron chi connectivity index (χ0n) is 10.2. The number of hydrogen-bond acceptors (Lipinski definition) is 3. The lowest BCUT2D eigenvalue weighted by atomic mass is 10.2. The Balaban J connectivity index is 1.92. The summed E-state index contributed by atoms with van der Waals surface area (Å²) >= 11 is 5.82. The monoisotopic (exact) mass is 269 g/mol. The van der Waals surface area contributed by atoms with Crippen LogP contribution in [0.2, 0.25) is 0 Å². The van der Waals surface area contributed by atoms with Crippen LogP contribution in [-0.2, 0) is 5.88 Å². The van der Waals surface area contributed by atoms with Crippen molar-refractivity contribution in [1.82, 2.24) is 9.97 Å². The Morgan fingerprint density at radius 3 is 2.68 bits per heavy atom. The fourth-order valence-electron chi connectivity index (χ4n) is 1.90. The maximum absolute atomic E-state index is 5.82. The normalized spacial score (nSPS) is 10.6. The van der Waals surface area contributed by atoms with Crippen molar-refractivity contribution in [2.75, 3.05) is 5.32 Å². The van der Waals surface area contributed by atoms with Gasteiger partial charge in [0.2, 0.25) is 0 Å². The summed E-state index contributed by atoms with van der Waals surface area (Å²) in [5.41, 5.74) is 3.80. The molecular formula is C15H12ClN3. The first-order valence-electron chi connectivity index (χ1n) is 5.99. The summed E-state index contributed by atoms with van der Waals surface area (Å²) in [7, 11) is 0. The number of nitrogens with one attached hydrogen (secondary N) is 1. The molecule has 4 heteroatoms. The maximum atomic E-state index is 5.82. The van der Waals surface area contributed by atoms with E-state index in [1.165, 1.54) is 0 Å². The highest BCUT2D eigenvalue weighted by atomic mass is 35.5. The molecule has 94 valence electrons. The largest absolute Gasteiger partial charge is 0.339 e. The fourth-order valence-corrected chi connectivity index (χ4v) is 2.06. The second kappa shape index (κ2) is 5.24. The molecule has 1 N–H and O–H groups in total. The lowest BCUT2D eigenvalue weighted by Gasteiger charge is -2.07. The Hall–Kier alpha value is -2.13. The Bertz CT molecular complexity index is 712. The molecule has 1 aromatic heterocycles. The number of hydrogen-bond donors (Lipinski definition) is 1. The van der Waals surface area contributed by atoms with Crippen LogP contribution >= 0.6 is 11.6 Å². The van der Waals surface area contributed by atoms with Crippen LogP contribution in [0, 0.1) is 0 Å². The van der Waals surface area contributed by atoms with Crippen molar-refractivity contribution < 1.29 is 0 Å². The van der Waals surface area contributed by atoms with Gasteiger partial charge >= 0.3 is 0 Å². The molecule has 0 unspecified atom stereocenters. The molecule has 0 aliphatic carbocycles. The predicted molar refractivity (Wildman–Crippen MR) is 78.8 cm³/mol. The number of para-hydroxylation sites is 2. The second-order valence-electron chi connectivity index (χ2n) is 4.20. The molecule has 0 spiro atoms. The second-order valence-corrected chi connectivity index (χ2v) is 4.47. The van der Waals surface area contributed by atoms with Gasteiger partial charge in [0.1, 0.15) is 5.82 Å². The number of halogens is 1. The van der Waals surface area contributed by atoms with Crippen molar-refractivity contribution in [3.05, 3.63) is 60.3 Å². The molecule has 0 bridgehead atoms. The SMILES string of the molecule is ClCc1cccc(Nc2cnc3ccccc3n2)c1. The molecule has 0 saturated heterocycles. The van der Waals surface area contributed by atoms with Gasteiger partial charge in [-0.25, -0.2) is 4.98 Å². The number of nitrogens with zero attached hydrogens (tertiary/aromatic N) is 2. The predicted octanol–water partition coefficient (Wildman–Crippen LogP) is 4.11. The highest BCUT2D eigenvalue weighted by Crippen LogP contribution is 2.18. The van der Waals surface area contributed by atoms with Crippen molar-refractivity contribution in [1.29, 1.82) is 0 Å². The van der Waals surface area contributed by atoms with Crippen LogP contribution in [0.15, 0.2) is 54.7 Å². The molecule has 3 nitrogen and oxygen atoms in total. The van der Waals surface area contributed by atoms with Crippen molar-refractivity contribution >= 4 is 34.1 Å². The van der Waals surface area contributed by atoms with Crippen molar-refractivity contribution in [3.8, 4) is 0 Å². The minimum absolute atomic E-state index is 0.499. The van der Waals surface area contributed by atoms with Crippen LogP contribution < -0.4 is 5.32 Å². The van der Waals surface area contributed by atoms with Gasteiger partial charge < -0.3 is 5.32 Å². The molecular weight excluding hydrogens is 258 g/mol. The van der Waals surface area contributed by atoms with Crippen molar-refractivity contribution in [2.45, 2.75) is 5.88 Å². The van der Waals surface area contributed by atoms with Gasteiger partial charge in [-0.05, 0) is 29.8 Å². The van der Waals surface area contributed by atoms with Crippen LogP contribution in [-0.4, -0.2) is 9.97 Å². The van der Waals surface area contributed by atoms with Crippen LogP contribution in [0.1, 0.15) is 5.56 Å². The molecule has 0 aliphatic rings. The summed E-state index contributed by atoms with van der Waals surface area (Å²) in [5.74, 6) is 1.23. The number of alkyl halides is 1. The topological polar surface area (TPSA) is 37.8 Å². The van der Waals surface area contributed by atoms with Gasteiger partial charge in [-0.2, -0.15) is 0 Å². The molecule has 0 fully saturated rings. The number of aromatic nitrogens is 2. The third-order valence-electron chi connectivity index (χ3n) is 2.80. The van der Waals surface area contributed by atoms with Crippen LogP contribution in [0.5, 0.6) is 0 Å². The minimum Gasteiger partial charge on any atom is -0.339 e. The summed E-state index contributed by atoms with van der Waals surface area (Å²) in [4.78, 5) is 8.89. The average molecular weight is 270 g/mol. The van der Waals surface area contributed by atoms with Gasteiger partial charge in [-0.3, -0.25) is 4.98 Å². The first-order chi connectivity index (χ1) is 9.35. The van der Waals surface area contributed by atoms with Crippen molar-refractivity contribution in [3.63, 3.8) is 0 Å². The zero-order valence-corrected chi connectivity index (χ0v) is 10.9. The third-order valence-corrected chi connectivity index (χ3v) is 3.11. The van der Waals surface area contributed by atoms with E-state index in [-0.39, 0.29) is 0 Å². The zero-order chi connectivity index (χ0) is 13.1. The smallest absolute Gasteiger partial charge is 0.149 e.